The molecule has 8 nitrogen and oxygen atoms in total. The van der Waals surface area contributed by atoms with Crippen LogP contribution in [0.25, 0.3) is 0 Å². The van der Waals surface area contributed by atoms with E-state index >= 15 is 0 Å². The smallest absolute Gasteiger partial charge is 0.647 e. The van der Waals surface area contributed by atoms with Gasteiger partial charge in [-0.1, -0.05) is 92.4 Å². The molecule has 11 heteroatoms. The van der Waals surface area contributed by atoms with Gasteiger partial charge in [-0.05, 0) is 78.5 Å². The van der Waals surface area contributed by atoms with Gasteiger partial charge in [0.2, 0.25) is 5.78 Å². The molecule has 0 amide bonds. The number of halogens is 2. The van der Waals surface area contributed by atoms with Crippen molar-refractivity contribution in [1.82, 2.24) is 4.98 Å². The third-order valence-electron chi connectivity index (χ3n) is 8.28. The van der Waals surface area contributed by atoms with Crippen molar-refractivity contribution >= 4 is 36.7 Å². The molecule has 49 heavy (non-hydrogen) atoms. The van der Waals surface area contributed by atoms with E-state index in [-0.39, 0.29) is 35.1 Å². The summed E-state index contributed by atoms with van der Waals surface area (Å²) in [7, 11) is -4.16. The monoisotopic (exact) mass is 761 g/mol. The number of hydrogen-bond donors (Lipinski definition) is 0. The summed E-state index contributed by atoms with van der Waals surface area (Å²) in [5, 5.41) is 0.554. The third kappa shape index (κ3) is 9.09. The van der Waals surface area contributed by atoms with Gasteiger partial charge in [-0.25, -0.2) is 4.57 Å². The fourth-order valence-corrected chi connectivity index (χ4v) is 7.59. The van der Waals surface area contributed by atoms with Gasteiger partial charge < -0.3 is 35.5 Å². The van der Waals surface area contributed by atoms with Gasteiger partial charge in [0.25, 0.3) is 12.1 Å². The summed E-state index contributed by atoms with van der Waals surface area (Å²) in [6.45, 7) is 2.08. The molecule has 1 fully saturated rings. The van der Waals surface area contributed by atoms with Gasteiger partial charge in [0.15, 0.2) is 11.6 Å². The van der Waals surface area contributed by atoms with Crippen molar-refractivity contribution in [1.29, 1.82) is 0 Å². The molecular formula is C38H38BrClN3O5P. The minimum absolute atomic E-state index is 0. The minimum Gasteiger partial charge on any atom is -1.00 e. The number of rotatable bonds is 13. The molecule has 0 spiro atoms. The number of para-hydroxylation sites is 3. The Kier molecular flexibility index (Phi) is 12.5. The summed E-state index contributed by atoms with van der Waals surface area (Å²) in [6, 6.07) is 34.3. The molecule has 1 aliphatic rings. The molecule has 0 aliphatic heterocycles. The highest BCUT2D eigenvalue weighted by Crippen LogP contribution is 2.49. The van der Waals surface area contributed by atoms with Crippen molar-refractivity contribution in [3.05, 3.63) is 138 Å². The summed E-state index contributed by atoms with van der Waals surface area (Å²) in [5.41, 5.74) is 2.35. The van der Waals surface area contributed by atoms with Crippen LogP contribution in [0, 0.1) is 0 Å². The molecular weight excluding hydrogens is 725 g/mol. The Morgan fingerprint density at radius 2 is 1.31 bits per heavy atom. The van der Waals surface area contributed by atoms with E-state index in [2.05, 4.69) is 17.0 Å². The lowest BCUT2D eigenvalue weighted by Crippen LogP contribution is -3.00. The van der Waals surface area contributed by atoms with E-state index in [0.29, 0.717) is 34.5 Å². The largest absolute Gasteiger partial charge is 1.00 e. The van der Waals surface area contributed by atoms with Crippen LogP contribution in [0.15, 0.2) is 122 Å². The summed E-state index contributed by atoms with van der Waals surface area (Å²) >= 11 is 7.10. The first-order valence-electron chi connectivity index (χ1n) is 16.3. The standard InChI is InChI=1S/C38H38ClN3O5P.BrH/c1-2-35-37(39)38(42(30-15-7-3-8-16-30)31-17-9-4-10-18-31)40-28-41(35)27-36(43)29-23-25-34(26-24-29)47-48(44,45-32-19-11-5-12-20-32)46-33-21-13-6-14-22-33;/h3,5-8,11-16,19-26,28,31H,2,4,9-10,17-18,27H2,1H3;1H/q+1;/p-1. The number of hydrogen-bond acceptors (Lipinski definition) is 7. The molecule has 0 atom stereocenters. The van der Waals surface area contributed by atoms with Crippen LogP contribution in [-0.4, -0.2) is 16.8 Å². The van der Waals surface area contributed by atoms with Gasteiger partial charge in [-0.15, -0.1) is 0 Å². The summed E-state index contributed by atoms with van der Waals surface area (Å²) in [6.07, 6.45) is 8.09. The Morgan fingerprint density at radius 3 is 1.84 bits per heavy atom. The number of Topliss-reactive ketones (excluding diaryl/α,β-unsaturated/α-hetero) is 1. The topological polar surface area (TPSA) is 81.8 Å². The zero-order valence-corrected chi connectivity index (χ0v) is 30.4. The third-order valence-corrected chi connectivity index (χ3v) is 9.97. The summed E-state index contributed by atoms with van der Waals surface area (Å²) in [4.78, 5) is 20.6. The Morgan fingerprint density at radius 1 is 0.796 bits per heavy atom. The minimum atomic E-state index is -4.16. The van der Waals surface area contributed by atoms with E-state index in [9.17, 15) is 9.36 Å². The van der Waals surface area contributed by atoms with E-state index in [1.54, 1.807) is 79.1 Å². The first-order chi connectivity index (χ1) is 23.4. The molecule has 0 saturated heterocycles. The van der Waals surface area contributed by atoms with Gasteiger partial charge in [0.1, 0.15) is 22.9 Å². The zero-order chi connectivity index (χ0) is 33.3. The second-order valence-corrected chi connectivity index (χ2v) is 13.4. The van der Waals surface area contributed by atoms with Crippen LogP contribution < -0.4 is 40.0 Å². The summed E-state index contributed by atoms with van der Waals surface area (Å²) < 4.78 is 32.8. The van der Waals surface area contributed by atoms with Crippen LogP contribution in [0.4, 0.5) is 11.5 Å². The number of anilines is 2. The van der Waals surface area contributed by atoms with E-state index < -0.39 is 7.82 Å². The average Bonchev–Trinajstić information content (AvgIpc) is 3.11. The Balaban J connectivity index is 0.00000468. The van der Waals surface area contributed by atoms with E-state index in [1.165, 1.54) is 19.3 Å². The van der Waals surface area contributed by atoms with Gasteiger partial charge in [0.05, 0.1) is 0 Å². The van der Waals surface area contributed by atoms with Crippen molar-refractivity contribution in [3.8, 4) is 17.2 Å². The lowest BCUT2D eigenvalue weighted by Gasteiger charge is -2.34. The first-order valence-corrected chi connectivity index (χ1v) is 18.1. The molecule has 6 rings (SSSR count). The van der Waals surface area contributed by atoms with Gasteiger partial charge in [-0.3, -0.25) is 4.79 Å². The van der Waals surface area contributed by atoms with E-state index in [1.807, 2.05) is 41.8 Å². The maximum atomic E-state index is 13.8. The quantitative estimate of drug-likeness (QED) is 0.0762. The number of ketones is 1. The summed E-state index contributed by atoms with van der Waals surface area (Å²) in [5.74, 6) is 1.47. The highest BCUT2D eigenvalue weighted by molar-refractivity contribution is 7.49. The molecule has 0 radical (unpaired) electrons. The predicted octanol–water partition coefficient (Wildman–Crippen LogP) is 6.59. The molecule has 5 aromatic rings. The molecule has 1 aliphatic carbocycles. The number of phosphoric ester groups is 1. The Bertz CT molecular complexity index is 1820. The van der Waals surface area contributed by atoms with Gasteiger partial charge in [-0.2, -0.15) is 4.57 Å². The molecule has 1 saturated carbocycles. The molecule has 0 N–H and O–H groups in total. The lowest BCUT2D eigenvalue weighted by atomic mass is 9.93. The van der Waals surface area contributed by atoms with Crippen molar-refractivity contribution in [2.45, 2.75) is 58.0 Å². The Hall–Kier alpha value is -4.17. The maximum Gasteiger partial charge on any atom is 0.647 e. The molecule has 0 unspecified atom stereocenters. The second-order valence-electron chi connectivity index (χ2n) is 11.6. The second kappa shape index (κ2) is 17.0. The molecule has 0 bridgehead atoms. The maximum absolute atomic E-state index is 13.8. The highest BCUT2D eigenvalue weighted by Gasteiger charge is 2.34. The molecule has 1 aromatic heterocycles. The van der Waals surface area contributed by atoms with Gasteiger partial charge >= 0.3 is 7.82 Å². The zero-order valence-electron chi connectivity index (χ0n) is 27.2. The predicted molar refractivity (Wildman–Crippen MR) is 187 cm³/mol. The number of phosphoric acid groups is 1. The van der Waals surface area contributed by atoms with Crippen molar-refractivity contribution in [3.63, 3.8) is 0 Å². The number of carbonyl (C=O) groups excluding carboxylic acids is 1. The normalized spacial score (nSPS) is 13.2. The van der Waals surface area contributed by atoms with Crippen LogP contribution in [0.2, 0.25) is 5.02 Å². The molecule has 1 heterocycles. The number of aromatic nitrogens is 2. The number of benzene rings is 4. The van der Waals surface area contributed by atoms with E-state index in [4.69, 9.17) is 30.2 Å². The van der Waals surface area contributed by atoms with Crippen LogP contribution in [0.5, 0.6) is 17.2 Å². The first kappa shape index (κ1) is 36.1. The van der Waals surface area contributed by atoms with Crippen molar-refractivity contribution in [2.75, 3.05) is 4.90 Å². The van der Waals surface area contributed by atoms with Crippen LogP contribution >= 0.6 is 19.4 Å². The van der Waals surface area contributed by atoms with Crippen LogP contribution in [0.1, 0.15) is 55.1 Å². The fraction of sp³-hybridized carbons (Fsp3) is 0.237. The fourth-order valence-electron chi connectivity index (χ4n) is 5.96. The SMILES string of the molecule is CCc1c(Cl)c(N(c2ccccc2)C2CCCCC2)nc[n+]1CC(=O)c1ccc(OP(=O)(Oc2ccccc2)Oc2ccccc2)cc1.[Br-]. The van der Waals surface area contributed by atoms with Crippen molar-refractivity contribution in [2.24, 2.45) is 0 Å². The van der Waals surface area contributed by atoms with Crippen molar-refractivity contribution < 1.29 is 44.5 Å². The van der Waals surface area contributed by atoms with E-state index in [0.717, 1.165) is 30.0 Å². The number of nitrogens with zero attached hydrogens (tertiary/aromatic N) is 3. The Labute approximate surface area is 303 Å². The number of carbonyl (C=O) groups is 1. The van der Waals surface area contributed by atoms with Crippen LogP contribution in [-0.2, 0) is 17.5 Å². The van der Waals surface area contributed by atoms with Gasteiger partial charge in [0, 0.05) is 23.7 Å². The van der Waals surface area contributed by atoms with Crippen LogP contribution in [0.3, 0.4) is 0 Å². The molecule has 4 aromatic carbocycles. The molecule has 254 valence electrons. The lowest BCUT2D eigenvalue weighted by molar-refractivity contribution is -0.693. The highest BCUT2D eigenvalue weighted by atomic mass is 79.9. The average molecular weight is 763 g/mol.